The lowest BCUT2D eigenvalue weighted by Crippen LogP contribution is -2.26. The van der Waals surface area contributed by atoms with Gasteiger partial charge in [0.15, 0.2) is 0 Å². The molecule has 5 heteroatoms. The first kappa shape index (κ1) is 16.9. The fourth-order valence-electron chi connectivity index (χ4n) is 1.62. The minimum Gasteiger partial charge on any atom is -0.507 e. The molecular formula is C13H22ClNO3. The second kappa shape index (κ2) is 6.16. The summed E-state index contributed by atoms with van der Waals surface area (Å²) in [6, 6.07) is 2.95. The molecule has 0 aliphatic carbocycles. The van der Waals surface area contributed by atoms with Crippen molar-refractivity contribution in [2.75, 3.05) is 14.2 Å². The number of halogens is 1. The summed E-state index contributed by atoms with van der Waals surface area (Å²) >= 11 is 0. The van der Waals surface area contributed by atoms with Gasteiger partial charge in [-0.3, -0.25) is 0 Å². The molecule has 0 heterocycles. The third-order valence-electron chi connectivity index (χ3n) is 2.79. The van der Waals surface area contributed by atoms with Gasteiger partial charge in [-0.05, 0) is 5.41 Å². The van der Waals surface area contributed by atoms with Crippen molar-refractivity contribution in [3.05, 3.63) is 17.7 Å². The van der Waals surface area contributed by atoms with Gasteiger partial charge in [0.2, 0.25) is 0 Å². The number of aromatic hydroxyl groups is 1. The van der Waals surface area contributed by atoms with Crippen LogP contribution in [0.3, 0.4) is 0 Å². The van der Waals surface area contributed by atoms with Crippen LogP contribution < -0.4 is 15.2 Å². The Hall–Kier alpha value is -1.13. The molecule has 0 saturated heterocycles. The Morgan fingerprint density at radius 3 is 2.11 bits per heavy atom. The van der Waals surface area contributed by atoms with Crippen LogP contribution in [0.25, 0.3) is 0 Å². The van der Waals surface area contributed by atoms with Crippen molar-refractivity contribution < 1.29 is 14.6 Å². The Morgan fingerprint density at radius 2 is 1.72 bits per heavy atom. The Kier molecular flexibility index (Phi) is 5.77. The van der Waals surface area contributed by atoms with E-state index < -0.39 is 0 Å². The summed E-state index contributed by atoms with van der Waals surface area (Å²) in [5, 5.41) is 10.0. The molecule has 18 heavy (non-hydrogen) atoms. The first-order valence-electron chi connectivity index (χ1n) is 5.51. The summed E-state index contributed by atoms with van der Waals surface area (Å²) in [6.07, 6.45) is 0. The van der Waals surface area contributed by atoms with Gasteiger partial charge < -0.3 is 20.3 Å². The van der Waals surface area contributed by atoms with Gasteiger partial charge >= 0.3 is 0 Å². The average molecular weight is 276 g/mol. The van der Waals surface area contributed by atoms with E-state index in [9.17, 15) is 5.11 Å². The summed E-state index contributed by atoms with van der Waals surface area (Å²) in [5.41, 5.74) is 6.60. The molecule has 0 aromatic heterocycles. The molecule has 0 radical (unpaired) electrons. The van der Waals surface area contributed by atoms with Crippen molar-refractivity contribution in [3.63, 3.8) is 0 Å². The van der Waals surface area contributed by atoms with Crippen LogP contribution in [0.2, 0.25) is 0 Å². The molecule has 0 aliphatic heterocycles. The van der Waals surface area contributed by atoms with Crippen molar-refractivity contribution in [3.8, 4) is 17.2 Å². The summed E-state index contributed by atoms with van der Waals surface area (Å²) in [6.45, 7) is 6.04. The smallest absolute Gasteiger partial charge is 0.131 e. The Morgan fingerprint density at radius 1 is 1.17 bits per heavy atom. The molecule has 0 unspecified atom stereocenters. The maximum atomic E-state index is 10.0. The van der Waals surface area contributed by atoms with Crippen molar-refractivity contribution in [1.29, 1.82) is 0 Å². The molecule has 0 aliphatic rings. The number of hydrogen-bond donors (Lipinski definition) is 2. The van der Waals surface area contributed by atoms with E-state index in [0.29, 0.717) is 17.1 Å². The topological polar surface area (TPSA) is 64.7 Å². The van der Waals surface area contributed by atoms with Crippen LogP contribution in [0, 0.1) is 5.41 Å². The zero-order valence-electron chi connectivity index (χ0n) is 11.5. The molecule has 0 bridgehead atoms. The number of methoxy groups -OCH3 is 2. The number of benzene rings is 1. The van der Waals surface area contributed by atoms with Crippen molar-refractivity contribution in [2.24, 2.45) is 11.1 Å². The highest BCUT2D eigenvalue weighted by Crippen LogP contribution is 2.42. The lowest BCUT2D eigenvalue weighted by molar-refractivity contribution is 0.302. The predicted octanol–water partition coefficient (Wildman–Crippen LogP) is 2.88. The van der Waals surface area contributed by atoms with Gasteiger partial charge in [-0.25, -0.2) is 0 Å². The monoisotopic (exact) mass is 275 g/mol. The quantitative estimate of drug-likeness (QED) is 0.890. The molecule has 0 spiro atoms. The van der Waals surface area contributed by atoms with E-state index >= 15 is 0 Å². The van der Waals surface area contributed by atoms with Gasteiger partial charge in [0, 0.05) is 18.2 Å². The van der Waals surface area contributed by atoms with Crippen molar-refractivity contribution in [1.82, 2.24) is 0 Å². The second-order valence-electron chi connectivity index (χ2n) is 5.11. The second-order valence-corrected chi connectivity index (χ2v) is 5.11. The van der Waals surface area contributed by atoms with Crippen LogP contribution in [-0.2, 0) is 0 Å². The highest BCUT2D eigenvalue weighted by Gasteiger charge is 2.28. The molecule has 1 aromatic carbocycles. The van der Waals surface area contributed by atoms with Crippen LogP contribution in [-0.4, -0.2) is 19.3 Å². The van der Waals surface area contributed by atoms with E-state index in [-0.39, 0.29) is 29.6 Å². The number of rotatable bonds is 3. The summed E-state index contributed by atoms with van der Waals surface area (Å²) < 4.78 is 10.3. The Balaban J connectivity index is 0.00000289. The van der Waals surface area contributed by atoms with E-state index in [4.69, 9.17) is 15.2 Å². The van der Waals surface area contributed by atoms with E-state index in [1.807, 2.05) is 20.8 Å². The molecular weight excluding hydrogens is 254 g/mol. The van der Waals surface area contributed by atoms with Gasteiger partial charge in [0.1, 0.15) is 17.2 Å². The molecule has 104 valence electrons. The molecule has 0 fully saturated rings. The molecule has 4 nitrogen and oxygen atoms in total. The van der Waals surface area contributed by atoms with E-state index in [0.717, 1.165) is 0 Å². The van der Waals surface area contributed by atoms with E-state index in [2.05, 4.69) is 0 Å². The van der Waals surface area contributed by atoms with Crippen LogP contribution in [0.15, 0.2) is 12.1 Å². The predicted molar refractivity (Wildman–Crippen MR) is 74.8 cm³/mol. The average Bonchev–Trinajstić information content (AvgIpc) is 2.25. The van der Waals surface area contributed by atoms with Crippen molar-refractivity contribution in [2.45, 2.75) is 26.8 Å². The van der Waals surface area contributed by atoms with Crippen LogP contribution in [0.5, 0.6) is 17.2 Å². The fourth-order valence-corrected chi connectivity index (χ4v) is 1.62. The summed E-state index contributed by atoms with van der Waals surface area (Å²) in [7, 11) is 3.09. The molecule has 1 atom stereocenters. The standard InChI is InChI=1S/C13H21NO3.ClH/c1-13(2,3)12(14)11-9(15)6-8(16-4)7-10(11)17-5;/h6-7,12,15H,14H2,1-5H3;1H/t12-;/m1./s1. The SMILES string of the molecule is COc1cc(O)c([C@@H](N)C(C)(C)C)c(OC)c1.Cl. The molecule has 0 saturated carbocycles. The van der Waals surface area contributed by atoms with Gasteiger partial charge in [0.05, 0.1) is 19.8 Å². The summed E-state index contributed by atoms with van der Waals surface area (Å²) in [5.74, 6) is 1.19. The lowest BCUT2D eigenvalue weighted by atomic mass is 9.82. The molecule has 1 rings (SSSR count). The van der Waals surface area contributed by atoms with E-state index in [1.54, 1.807) is 19.2 Å². The Bertz CT molecular complexity index is 402. The lowest BCUT2D eigenvalue weighted by Gasteiger charge is -2.29. The number of phenolic OH excluding ortho intramolecular Hbond substituents is 1. The van der Waals surface area contributed by atoms with Gasteiger partial charge in [-0.2, -0.15) is 0 Å². The van der Waals surface area contributed by atoms with E-state index in [1.165, 1.54) is 7.11 Å². The molecule has 1 aromatic rings. The first-order chi connectivity index (χ1) is 7.81. The molecule has 0 amide bonds. The number of ether oxygens (including phenoxy) is 2. The largest absolute Gasteiger partial charge is 0.507 e. The van der Waals surface area contributed by atoms with Crippen LogP contribution in [0.1, 0.15) is 32.4 Å². The van der Waals surface area contributed by atoms with Crippen LogP contribution >= 0.6 is 12.4 Å². The maximum Gasteiger partial charge on any atom is 0.131 e. The fraction of sp³-hybridized carbons (Fsp3) is 0.538. The third-order valence-corrected chi connectivity index (χ3v) is 2.79. The number of hydrogen-bond acceptors (Lipinski definition) is 4. The van der Waals surface area contributed by atoms with Gasteiger partial charge in [0.25, 0.3) is 0 Å². The molecule has 3 N–H and O–H groups in total. The maximum absolute atomic E-state index is 10.0. The highest BCUT2D eigenvalue weighted by molar-refractivity contribution is 5.85. The normalized spacial score (nSPS) is 12.6. The van der Waals surface area contributed by atoms with Gasteiger partial charge in [-0.1, -0.05) is 20.8 Å². The zero-order chi connectivity index (χ0) is 13.2. The minimum atomic E-state index is -0.316. The first-order valence-corrected chi connectivity index (χ1v) is 5.51. The summed E-state index contributed by atoms with van der Waals surface area (Å²) in [4.78, 5) is 0. The van der Waals surface area contributed by atoms with Gasteiger partial charge in [-0.15, -0.1) is 12.4 Å². The Labute approximate surface area is 115 Å². The van der Waals surface area contributed by atoms with Crippen molar-refractivity contribution >= 4 is 12.4 Å². The minimum absolute atomic E-state index is 0. The zero-order valence-corrected chi connectivity index (χ0v) is 12.3. The highest BCUT2D eigenvalue weighted by atomic mass is 35.5. The number of nitrogens with two attached hydrogens (primary N) is 1. The van der Waals surface area contributed by atoms with Crippen LogP contribution in [0.4, 0.5) is 0 Å². The third kappa shape index (κ3) is 3.43. The number of phenols is 1.